The van der Waals surface area contributed by atoms with Crippen LogP contribution < -0.4 is 10.1 Å². The van der Waals surface area contributed by atoms with E-state index in [9.17, 15) is 13.2 Å². The fourth-order valence-electron chi connectivity index (χ4n) is 3.30. The van der Waals surface area contributed by atoms with E-state index < -0.39 is 10.0 Å². The second kappa shape index (κ2) is 9.21. The Bertz CT molecular complexity index is 874. The van der Waals surface area contributed by atoms with Gasteiger partial charge in [0, 0.05) is 25.6 Å². The van der Waals surface area contributed by atoms with Gasteiger partial charge in [0.25, 0.3) is 0 Å². The Labute approximate surface area is 166 Å². The molecule has 1 fully saturated rings. The molecule has 0 atom stereocenters. The highest BCUT2D eigenvalue weighted by Gasteiger charge is 2.31. The second-order valence-electron chi connectivity index (χ2n) is 6.79. The van der Waals surface area contributed by atoms with Crippen LogP contribution in [0.1, 0.15) is 25.3 Å². The minimum Gasteiger partial charge on any atom is -0.494 e. The molecule has 0 spiro atoms. The van der Waals surface area contributed by atoms with Crippen LogP contribution in [-0.2, 0) is 21.4 Å². The smallest absolute Gasteiger partial charge is 0.243 e. The number of nitrogens with zero attached hydrogens (tertiary/aromatic N) is 1. The number of amides is 1. The highest BCUT2D eigenvalue weighted by molar-refractivity contribution is 7.89. The molecule has 1 amide bonds. The Kier molecular flexibility index (Phi) is 6.70. The van der Waals surface area contributed by atoms with Crippen molar-refractivity contribution in [1.82, 2.24) is 9.62 Å². The van der Waals surface area contributed by atoms with E-state index >= 15 is 0 Å². The summed E-state index contributed by atoms with van der Waals surface area (Å²) < 4.78 is 32.2. The highest BCUT2D eigenvalue weighted by atomic mass is 32.2. The van der Waals surface area contributed by atoms with Gasteiger partial charge in [-0.15, -0.1) is 0 Å². The summed E-state index contributed by atoms with van der Waals surface area (Å²) in [7, 11) is -3.49. The van der Waals surface area contributed by atoms with Crippen molar-refractivity contribution in [3.8, 4) is 5.75 Å². The van der Waals surface area contributed by atoms with E-state index in [1.165, 1.54) is 4.31 Å². The topological polar surface area (TPSA) is 75.7 Å². The lowest BCUT2D eigenvalue weighted by Gasteiger charge is -2.30. The molecule has 0 aliphatic carbocycles. The van der Waals surface area contributed by atoms with E-state index in [1.54, 1.807) is 30.3 Å². The molecule has 7 heteroatoms. The molecule has 28 heavy (non-hydrogen) atoms. The van der Waals surface area contributed by atoms with Gasteiger partial charge in [-0.1, -0.05) is 30.3 Å². The molecular formula is C21H26N2O4S. The largest absolute Gasteiger partial charge is 0.494 e. The van der Waals surface area contributed by atoms with Crippen molar-refractivity contribution >= 4 is 15.9 Å². The SMILES string of the molecule is CCOc1ccc(CNC(=O)C2CCN(S(=O)(=O)c3ccccc3)CC2)cc1. The molecule has 150 valence electrons. The molecule has 0 saturated carbocycles. The third-order valence-corrected chi connectivity index (χ3v) is 6.82. The van der Waals surface area contributed by atoms with Gasteiger partial charge in [-0.05, 0) is 49.6 Å². The van der Waals surface area contributed by atoms with E-state index in [4.69, 9.17) is 4.74 Å². The Hall–Kier alpha value is -2.38. The van der Waals surface area contributed by atoms with Gasteiger partial charge in [0.05, 0.1) is 11.5 Å². The van der Waals surface area contributed by atoms with Crippen LogP contribution in [0, 0.1) is 5.92 Å². The Morgan fingerprint density at radius 1 is 1.07 bits per heavy atom. The van der Waals surface area contributed by atoms with Crippen molar-refractivity contribution in [2.75, 3.05) is 19.7 Å². The fourth-order valence-corrected chi connectivity index (χ4v) is 4.79. The summed E-state index contributed by atoms with van der Waals surface area (Å²) in [5.41, 5.74) is 1.00. The van der Waals surface area contributed by atoms with Gasteiger partial charge < -0.3 is 10.1 Å². The predicted octanol–water partition coefficient (Wildman–Crippen LogP) is 2.80. The molecule has 1 heterocycles. The Balaban J connectivity index is 1.50. The minimum atomic E-state index is -3.49. The van der Waals surface area contributed by atoms with Crippen LogP contribution in [0.3, 0.4) is 0 Å². The lowest BCUT2D eigenvalue weighted by Crippen LogP contribution is -2.42. The molecule has 2 aromatic rings. The Morgan fingerprint density at radius 3 is 2.32 bits per heavy atom. The number of carbonyl (C=O) groups is 1. The second-order valence-corrected chi connectivity index (χ2v) is 8.72. The number of hydrogen-bond acceptors (Lipinski definition) is 4. The highest BCUT2D eigenvalue weighted by Crippen LogP contribution is 2.24. The van der Waals surface area contributed by atoms with Crippen LogP contribution in [0.2, 0.25) is 0 Å². The summed E-state index contributed by atoms with van der Waals surface area (Å²) in [6.45, 7) is 3.73. The van der Waals surface area contributed by atoms with E-state index in [-0.39, 0.29) is 11.8 Å². The van der Waals surface area contributed by atoms with Crippen LogP contribution in [-0.4, -0.2) is 38.3 Å². The minimum absolute atomic E-state index is 0.0226. The van der Waals surface area contributed by atoms with Crippen molar-refractivity contribution in [2.45, 2.75) is 31.2 Å². The van der Waals surface area contributed by atoms with Gasteiger partial charge in [-0.3, -0.25) is 4.79 Å². The summed E-state index contributed by atoms with van der Waals surface area (Å²) in [6, 6.07) is 16.1. The summed E-state index contributed by atoms with van der Waals surface area (Å²) >= 11 is 0. The van der Waals surface area contributed by atoms with Crippen LogP contribution in [0.4, 0.5) is 0 Å². The van der Waals surface area contributed by atoms with Gasteiger partial charge in [0.2, 0.25) is 15.9 Å². The van der Waals surface area contributed by atoms with Crippen LogP contribution in [0.5, 0.6) is 5.75 Å². The normalized spacial score (nSPS) is 15.9. The third-order valence-electron chi connectivity index (χ3n) is 4.91. The molecular weight excluding hydrogens is 376 g/mol. The molecule has 6 nitrogen and oxygen atoms in total. The average Bonchev–Trinajstić information content (AvgIpc) is 2.74. The van der Waals surface area contributed by atoms with Crippen LogP contribution in [0.15, 0.2) is 59.5 Å². The lowest BCUT2D eigenvalue weighted by molar-refractivity contribution is -0.126. The number of piperidine rings is 1. The molecule has 1 saturated heterocycles. The van der Waals surface area contributed by atoms with E-state index in [2.05, 4.69) is 5.32 Å². The maximum atomic E-state index is 12.7. The zero-order valence-electron chi connectivity index (χ0n) is 16.0. The average molecular weight is 403 g/mol. The molecule has 1 aliphatic rings. The predicted molar refractivity (Wildman–Crippen MR) is 107 cm³/mol. The van der Waals surface area contributed by atoms with Crippen LogP contribution in [0.25, 0.3) is 0 Å². The van der Waals surface area contributed by atoms with Gasteiger partial charge in [-0.2, -0.15) is 4.31 Å². The van der Waals surface area contributed by atoms with Crippen molar-refractivity contribution in [3.63, 3.8) is 0 Å². The first-order chi connectivity index (χ1) is 13.5. The van der Waals surface area contributed by atoms with E-state index in [0.29, 0.717) is 44.0 Å². The molecule has 2 aromatic carbocycles. The summed E-state index contributed by atoms with van der Waals surface area (Å²) in [5, 5.41) is 2.96. The number of rotatable bonds is 7. The van der Waals surface area contributed by atoms with Crippen molar-refractivity contribution in [2.24, 2.45) is 5.92 Å². The van der Waals surface area contributed by atoms with Gasteiger partial charge >= 0.3 is 0 Å². The molecule has 3 rings (SSSR count). The van der Waals surface area contributed by atoms with Crippen molar-refractivity contribution in [1.29, 1.82) is 0 Å². The number of sulfonamides is 1. The number of hydrogen-bond donors (Lipinski definition) is 1. The zero-order chi connectivity index (χ0) is 20.0. The molecule has 1 aliphatic heterocycles. The first kappa shape index (κ1) is 20.4. The summed E-state index contributed by atoms with van der Waals surface area (Å²) in [5.74, 6) is 0.625. The number of ether oxygens (including phenoxy) is 1. The maximum Gasteiger partial charge on any atom is 0.243 e. The maximum absolute atomic E-state index is 12.7. The molecule has 0 bridgehead atoms. The summed E-state index contributed by atoms with van der Waals surface area (Å²) in [4.78, 5) is 12.8. The third kappa shape index (κ3) is 4.91. The monoisotopic (exact) mass is 402 g/mol. The fraction of sp³-hybridized carbons (Fsp3) is 0.381. The van der Waals surface area contributed by atoms with Gasteiger partial charge in [0.15, 0.2) is 0 Å². The lowest BCUT2D eigenvalue weighted by atomic mass is 9.97. The Morgan fingerprint density at radius 2 is 1.71 bits per heavy atom. The van der Waals surface area contributed by atoms with Crippen LogP contribution >= 0.6 is 0 Å². The van der Waals surface area contributed by atoms with Crippen molar-refractivity contribution in [3.05, 3.63) is 60.2 Å². The number of benzene rings is 2. The molecule has 0 radical (unpaired) electrons. The standard InChI is InChI=1S/C21H26N2O4S/c1-2-27-19-10-8-17(9-11-19)16-22-21(24)18-12-14-23(15-13-18)28(25,26)20-6-4-3-5-7-20/h3-11,18H,2,12-16H2,1H3,(H,22,24). The summed E-state index contributed by atoms with van der Waals surface area (Å²) in [6.07, 6.45) is 1.06. The number of nitrogens with one attached hydrogen (secondary N) is 1. The first-order valence-corrected chi connectivity index (χ1v) is 11.0. The van der Waals surface area contributed by atoms with E-state index in [1.807, 2.05) is 31.2 Å². The van der Waals surface area contributed by atoms with Crippen molar-refractivity contribution < 1.29 is 17.9 Å². The number of carbonyl (C=O) groups excluding carboxylic acids is 1. The zero-order valence-corrected chi connectivity index (χ0v) is 16.8. The van der Waals surface area contributed by atoms with E-state index in [0.717, 1.165) is 11.3 Å². The van der Waals surface area contributed by atoms with Gasteiger partial charge in [-0.25, -0.2) is 8.42 Å². The molecule has 0 aromatic heterocycles. The quantitative estimate of drug-likeness (QED) is 0.773. The first-order valence-electron chi connectivity index (χ1n) is 9.55. The molecule has 0 unspecified atom stereocenters. The molecule has 1 N–H and O–H groups in total. The van der Waals surface area contributed by atoms with Gasteiger partial charge in [0.1, 0.15) is 5.75 Å².